The highest BCUT2D eigenvalue weighted by molar-refractivity contribution is 6.30. The lowest BCUT2D eigenvalue weighted by molar-refractivity contribution is -0.153. The van der Waals surface area contributed by atoms with Crippen molar-refractivity contribution in [3.8, 4) is 5.75 Å². The van der Waals surface area contributed by atoms with Gasteiger partial charge in [0.25, 0.3) is 0 Å². The van der Waals surface area contributed by atoms with Gasteiger partial charge in [-0.25, -0.2) is 4.79 Å². The molecule has 0 spiro atoms. The number of ether oxygens (including phenoxy) is 3. The van der Waals surface area contributed by atoms with Crippen LogP contribution in [-0.4, -0.2) is 24.8 Å². The quantitative estimate of drug-likeness (QED) is 0.620. The van der Waals surface area contributed by atoms with E-state index in [-0.39, 0.29) is 35.6 Å². The summed E-state index contributed by atoms with van der Waals surface area (Å²) in [5.41, 5.74) is 2.23. The van der Waals surface area contributed by atoms with Crippen LogP contribution in [0.2, 0.25) is 5.02 Å². The van der Waals surface area contributed by atoms with Gasteiger partial charge in [0.15, 0.2) is 0 Å². The summed E-state index contributed by atoms with van der Waals surface area (Å²) in [6.07, 6.45) is 0.804. The molecule has 0 aromatic heterocycles. The number of hydrogen-bond donors (Lipinski definition) is 0. The van der Waals surface area contributed by atoms with E-state index in [2.05, 4.69) is 26.8 Å². The van der Waals surface area contributed by atoms with E-state index in [0.717, 1.165) is 22.8 Å². The summed E-state index contributed by atoms with van der Waals surface area (Å²) in [6, 6.07) is 13.4. The molecule has 2 heterocycles. The smallest absolute Gasteiger partial charge is 0.337 e. The van der Waals surface area contributed by atoms with Crippen LogP contribution in [0.4, 0.5) is 0 Å². The van der Waals surface area contributed by atoms with Crippen molar-refractivity contribution in [2.24, 2.45) is 5.92 Å². The van der Waals surface area contributed by atoms with Crippen LogP contribution in [0.25, 0.3) is 0 Å². The molecule has 0 unspecified atom stereocenters. The predicted octanol–water partition coefficient (Wildman–Crippen LogP) is 5.55. The molecule has 148 valence electrons. The van der Waals surface area contributed by atoms with Crippen LogP contribution in [0.1, 0.15) is 60.7 Å². The first kappa shape index (κ1) is 19.3. The SMILES string of the molecule is COC(=O)c1ccc2c(c1)[C@H]1O[C@@H](C)[C@H](c3cccc(Cl)c3)C[C@@H]1C(C)(C)O2. The summed E-state index contributed by atoms with van der Waals surface area (Å²) in [5.74, 6) is 0.790. The van der Waals surface area contributed by atoms with Crippen LogP contribution in [0.5, 0.6) is 5.75 Å². The van der Waals surface area contributed by atoms with Gasteiger partial charge in [0.05, 0.1) is 24.9 Å². The number of carbonyl (C=O) groups excluding carboxylic acids is 1. The molecular weight excluding hydrogens is 376 g/mol. The van der Waals surface area contributed by atoms with E-state index < -0.39 is 0 Å². The minimum absolute atomic E-state index is 0.0169. The van der Waals surface area contributed by atoms with Crippen molar-refractivity contribution in [2.75, 3.05) is 7.11 Å². The third kappa shape index (κ3) is 3.29. The maximum Gasteiger partial charge on any atom is 0.337 e. The van der Waals surface area contributed by atoms with Crippen LogP contribution in [0.3, 0.4) is 0 Å². The zero-order valence-corrected chi connectivity index (χ0v) is 17.3. The van der Waals surface area contributed by atoms with Gasteiger partial charge >= 0.3 is 5.97 Å². The summed E-state index contributed by atoms with van der Waals surface area (Å²) >= 11 is 6.22. The molecular formula is C23H25ClO4. The summed E-state index contributed by atoms with van der Waals surface area (Å²) in [4.78, 5) is 12.0. The average Bonchev–Trinajstić information content (AvgIpc) is 2.66. The molecule has 5 heteroatoms. The van der Waals surface area contributed by atoms with E-state index >= 15 is 0 Å². The molecule has 2 aromatic carbocycles. The first-order valence-corrected chi connectivity index (χ1v) is 10.00. The third-order valence-electron chi connectivity index (χ3n) is 6.08. The molecule has 2 aromatic rings. The van der Waals surface area contributed by atoms with Gasteiger partial charge in [0.2, 0.25) is 0 Å². The maximum atomic E-state index is 12.0. The molecule has 0 amide bonds. The van der Waals surface area contributed by atoms with Crippen LogP contribution >= 0.6 is 11.6 Å². The largest absolute Gasteiger partial charge is 0.487 e. The lowest BCUT2D eigenvalue weighted by Crippen LogP contribution is -2.50. The van der Waals surface area contributed by atoms with Crippen LogP contribution in [0.15, 0.2) is 42.5 Å². The lowest BCUT2D eigenvalue weighted by atomic mass is 9.70. The zero-order valence-electron chi connectivity index (χ0n) is 16.6. The highest BCUT2D eigenvalue weighted by atomic mass is 35.5. The number of carbonyl (C=O) groups is 1. The topological polar surface area (TPSA) is 44.8 Å². The first-order valence-electron chi connectivity index (χ1n) is 9.62. The summed E-state index contributed by atoms with van der Waals surface area (Å²) < 4.78 is 17.8. The summed E-state index contributed by atoms with van der Waals surface area (Å²) in [5, 5.41) is 0.735. The van der Waals surface area contributed by atoms with E-state index in [4.69, 9.17) is 25.8 Å². The lowest BCUT2D eigenvalue weighted by Gasteiger charge is -2.50. The summed E-state index contributed by atoms with van der Waals surface area (Å²) in [7, 11) is 1.39. The highest BCUT2D eigenvalue weighted by Gasteiger charge is 2.50. The Morgan fingerprint density at radius 1 is 1.21 bits per heavy atom. The van der Waals surface area contributed by atoms with E-state index in [1.165, 1.54) is 12.7 Å². The fourth-order valence-corrected chi connectivity index (χ4v) is 4.76. The van der Waals surface area contributed by atoms with Crippen molar-refractivity contribution in [3.05, 3.63) is 64.2 Å². The van der Waals surface area contributed by atoms with Gasteiger partial charge in [-0.3, -0.25) is 0 Å². The minimum atomic E-state index is -0.387. The molecule has 28 heavy (non-hydrogen) atoms. The molecule has 0 bridgehead atoms. The van der Waals surface area contributed by atoms with Crippen molar-refractivity contribution >= 4 is 17.6 Å². The normalized spacial score (nSPS) is 27.9. The number of fused-ring (bicyclic) bond motifs is 3. The third-order valence-corrected chi connectivity index (χ3v) is 6.32. The van der Waals surface area contributed by atoms with Crippen molar-refractivity contribution in [2.45, 2.75) is 50.9 Å². The molecule has 2 aliphatic rings. The molecule has 0 saturated carbocycles. The molecule has 2 aliphatic heterocycles. The predicted molar refractivity (Wildman–Crippen MR) is 108 cm³/mol. The second-order valence-corrected chi connectivity index (χ2v) is 8.65. The second-order valence-electron chi connectivity index (χ2n) is 8.22. The van der Waals surface area contributed by atoms with Gasteiger partial charge in [-0.15, -0.1) is 0 Å². The number of rotatable bonds is 2. The van der Waals surface area contributed by atoms with Crippen LogP contribution in [0, 0.1) is 5.92 Å². The average molecular weight is 401 g/mol. The Morgan fingerprint density at radius 3 is 2.71 bits per heavy atom. The van der Waals surface area contributed by atoms with Gasteiger partial charge in [-0.1, -0.05) is 23.7 Å². The van der Waals surface area contributed by atoms with Gasteiger partial charge in [0.1, 0.15) is 11.4 Å². The highest BCUT2D eigenvalue weighted by Crippen LogP contribution is 2.53. The Balaban J connectivity index is 1.72. The first-order chi connectivity index (χ1) is 13.3. The van der Waals surface area contributed by atoms with E-state index in [0.29, 0.717) is 5.56 Å². The van der Waals surface area contributed by atoms with Gasteiger partial charge in [0, 0.05) is 22.4 Å². The number of benzene rings is 2. The Morgan fingerprint density at radius 2 is 2.00 bits per heavy atom. The molecule has 0 aliphatic carbocycles. The Kier molecular flexibility index (Phi) is 4.88. The molecule has 4 atom stereocenters. The fraction of sp³-hybridized carbons (Fsp3) is 0.435. The van der Waals surface area contributed by atoms with E-state index in [9.17, 15) is 4.79 Å². The van der Waals surface area contributed by atoms with Gasteiger partial charge in [-0.05, 0) is 63.1 Å². The summed E-state index contributed by atoms with van der Waals surface area (Å²) in [6.45, 7) is 6.32. The molecule has 0 radical (unpaired) electrons. The number of hydrogen-bond acceptors (Lipinski definition) is 4. The fourth-order valence-electron chi connectivity index (χ4n) is 4.56. The second kappa shape index (κ2) is 7.09. The van der Waals surface area contributed by atoms with Crippen LogP contribution < -0.4 is 4.74 Å². The van der Waals surface area contributed by atoms with Crippen molar-refractivity contribution in [1.29, 1.82) is 0 Å². The Bertz CT molecular complexity index is 907. The molecule has 1 saturated heterocycles. The van der Waals surface area contributed by atoms with Crippen molar-refractivity contribution < 1.29 is 19.0 Å². The monoisotopic (exact) mass is 400 g/mol. The molecule has 0 N–H and O–H groups in total. The number of methoxy groups -OCH3 is 1. The minimum Gasteiger partial charge on any atom is -0.487 e. The Labute approximate surface area is 170 Å². The molecule has 1 fully saturated rings. The van der Waals surface area contributed by atoms with Crippen molar-refractivity contribution in [1.82, 2.24) is 0 Å². The number of halogens is 1. The van der Waals surface area contributed by atoms with E-state index in [1.807, 2.05) is 30.3 Å². The van der Waals surface area contributed by atoms with Crippen molar-refractivity contribution in [3.63, 3.8) is 0 Å². The zero-order chi connectivity index (χ0) is 20.1. The van der Waals surface area contributed by atoms with Gasteiger partial charge < -0.3 is 14.2 Å². The van der Waals surface area contributed by atoms with E-state index in [1.54, 1.807) is 6.07 Å². The van der Waals surface area contributed by atoms with Gasteiger partial charge in [-0.2, -0.15) is 0 Å². The Hall–Kier alpha value is -2.04. The molecule has 4 rings (SSSR count). The molecule has 4 nitrogen and oxygen atoms in total. The van der Waals surface area contributed by atoms with Crippen LogP contribution in [-0.2, 0) is 9.47 Å². The standard InChI is InChI=1S/C23H25ClO4/c1-13-17(14-6-5-7-16(24)10-14)12-19-21(27-13)18-11-15(22(25)26-4)8-9-20(18)28-23(19,2)3/h5-11,13,17,19,21H,12H2,1-4H3/t13-,17+,19-,21+/m0/s1. The maximum absolute atomic E-state index is 12.0. The number of esters is 1.